The number of methoxy groups -OCH3 is 2. The van der Waals surface area contributed by atoms with Gasteiger partial charge in [0, 0.05) is 30.2 Å². The fourth-order valence-electron chi connectivity index (χ4n) is 8.72. The summed E-state index contributed by atoms with van der Waals surface area (Å²) in [5, 5.41) is 6.53. The first kappa shape index (κ1) is 41.1. The highest BCUT2D eigenvalue weighted by Gasteiger charge is 2.46. The zero-order valence-corrected chi connectivity index (χ0v) is 35.1. The Morgan fingerprint density at radius 2 is 1.42 bits per heavy atom. The van der Waals surface area contributed by atoms with E-state index in [9.17, 15) is 19.2 Å². The van der Waals surface area contributed by atoms with Crippen molar-refractivity contribution in [3.8, 4) is 33.6 Å². The first-order chi connectivity index (χ1) is 28.2. The number of aromatic nitrogens is 5. The van der Waals surface area contributed by atoms with Crippen LogP contribution in [0.1, 0.15) is 83.6 Å². The Labute approximate surface area is 344 Å². The van der Waals surface area contributed by atoms with E-state index < -0.39 is 29.8 Å². The van der Waals surface area contributed by atoms with E-state index in [1.54, 1.807) is 0 Å². The molecule has 3 aromatic heterocycles. The molecule has 7 rings (SSSR count). The van der Waals surface area contributed by atoms with E-state index in [0.717, 1.165) is 75.8 Å². The number of ether oxygens (including phenoxy) is 2. The van der Waals surface area contributed by atoms with Crippen molar-refractivity contribution >= 4 is 34.9 Å². The lowest BCUT2D eigenvalue weighted by Crippen LogP contribution is -2.55. The summed E-state index contributed by atoms with van der Waals surface area (Å²) in [6.07, 6.45) is 7.54. The molecule has 2 fully saturated rings. The van der Waals surface area contributed by atoms with Gasteiger partial charge >= 0.3 is 12.2 Å². The standard InChI is InChI=1S/C44H55N9O6/c1-24(2)35(50-42(56)58-7)39(54)52-19-9-11-33(52)38-46-22-31(48-38)28-14-12-27(13-15-28)29-16-17-30(37-34(29)26(5)21-45-37)32-23-47-41(49-32)44(6)18-10-20-53(44)40(55)36(25(3)4)51-43(57)59-8/h12-17,21-25,33,35-36,45H,9-11,18-20H2,1-8H3,(H,46,48)(H,47,49)(H,50,56)(H,51,57). The van der Waals surface area contributed by atoms with Crippen LogP contribution in [0.3, 0.4) is 0 Å². The van der Waals surface area contributed by atoms with Gasteiger partial charge in [0.1, 0.15) is 23.7 Å². The third-order valence-corrected chi connectivity index (χ3v) is 12.1. The van der Waals surface area contributed by atoms with Gasteiger partial charge in [-0.1, -0.05) is 64.1 Å². The maximum Gasteiger partial charge on any atom is 0.407 e. The van der Waals surface area contributed by atoms with E-state index in [-0.39, 0.29) is 29.7 Å². The molecule has 4 atom stereocenters. The molecule has 0 radical (unpaired) electrons. The zero-order chi connectivity index (χ0) is 42.2. The first-order valence-electron chi connectivity index (χ1n) is 20.4. The minimum atomic E-state index is -0.726. The number of imidazole rings is 2. The summed E-state index contributed by atoms with van der Waals surface area (Å²) in [6.45, 7) is 12.9. The number of likely N-dealkylation sites (tertiary alicyclic amines) is 2. The van der Waals surface area contributed by atoms with Gasteiger partial charge in [-0.2, -0.15) is 0 Å². The van der Waals surface area contributed by atoms with Gasteiger partial charge in [0.05, 0.1) is 55.1 Å². The van der Waals surface area contributed by atoms with E-state index in [4.69, 9.17) is 19.4 Å². The smallest absolute Gasteiger partial charge is 0.407 e. The second-order valence-corrected chi connectivity index (χ2v) is 16.6. The second kappa shape index (κ2) is 16.6. The minimum absolute atomic E-state index is 0.113. The number of H-pyrrole nitrogens is 3. The van der Waals surface area contributed by atoms with Gasteiger partial charge in [0.25, 0.3) is 0 Å². The van der Waals surface area contributed by atoms with Crippen LogP contribution in [0.4, 0.5) is 9.59 Å². The van der Waals surface area contributed by atoms with E-state index >= 15 is 0 Å². The van der Waals surface area contributed by atoms with Gasteiger partial charge in [-0.05, 0) is 73.6 Å². The van der Waals surface area contributed by atoms with Crippen molar-refractivity contribution in [1.82, 2.24) is 45.4 Å². The molecule has 4 amide bonds. The fourth-order valence-corrected chi connectivity index (χ4v) is 8.72. The highest BCUT2D eigenvalue weighted by molar-refractivity contribution is 6.04. The van der Waals surface area contributed by atoms with E-state index in [0.29, 0.717) is 24.7 Å². The van der Waals surface area contributed by atoms with E-state index in [1.165, 1.54) is 14.2 Å². The summed E-state index contributed by atoms with van der Waals surface area (Å²) in [5.41, 5.74) is 7.14. The Morgan fingerprint density at radius 3 is 2.08 bits per heavy atom. The predicted molar refractivity (Wildman–Crippen MR) is 224 cm³/mol. The molecule has 312 valence electrons. The topological polar surface area (TPSA) is 190 Å². The van der Waals surface area contributed by atoms with E-state index in [2.05, 4.69) is 68.9 Å². The molecule has 59 heavy (non-hydrogen) atoms. The molecule has 2 aliphatic rings. The molecular formula is C44H55N9O6. The Hall–Kier alpha value is -6.12. The van der Waals surface area contributed by atoms with Crippen LogP contribution in [0.5, 0.6) is 0 Å². The third-order valence-electron chi connectivity index (χ3n) is 12.1. The van der Waals surface area contributed by atoms with Crippen molar-refractivity contribution in [2.75, 3.05) is 27.3 Å². The zero-order valence-electron chi connectivity index (χ0n) is 35.1. The highest BCUT2D eigenvalue weighted by Crippen LogP contribution is 2.41. The van der Waals surface area contributed by atoms with Crippen molar-refractivity contribution < 1.29 is 28.7 Å². The number of hydrogen-bond acceptors (Lipinski definition) is 8. The van der Waals surface area contributed by atoms with Crippen LogP contribution in [-0.4, -0.2) is 98.1 Å². The number of hydrogen-bond donors (Lipinski definition) is 5. The summed E-state index contributed by atoms with van der Waals surface area (Å²) >= 11 is 0. The molecule has 2 aromatic carbocycles. The maximum absolute atomic E-state index is 13.9. The summed E-state index contributed by atoms with van der Waals surface area (Å²) in [6, 6.07) is 10.9. The van der Waals surface area contributed by atoms with Crippen molar-refractivity contribution in [3.63, 3.8) is 0 Å². The lowest BCUT2D eigenvalue weighted by atomic mass is 9.95. The average molecular weight is 806 g/mol. The van der Waals surface area contributed by atoms with Gasteiger partial charge in [-0.15, -0.1) is 0 Å². The number of nitrogens with one attached hydrogen (secondary N) is 5. The van der Waals surface area contributed by atoms with Crippen molar-refractivity contribution in [2.45, 2.75) is 90.9 Å². The lowest BCUT2D eigenvalue weighted by molar-refractivity contribution is -0.138. The summed E-state index contributed by atoms with van der Waals surface area (Å²) < 4.78 is 9.58. The Bertz CT molecular complexity index is 2340. The minimum Gasteiger partial charge on any atom is -0.453 e. The van der Waals surface area contributed by atoms with E-state index in [1.807, 2.05) is 63.0 Å². The number of aromatic amines is 3. The molecular weight excluding hydrogens is 751 g/mol. The van der Waals surface area contributed by atoms with Crippen molar-refractivity contribution in [1.29, 1.82) is 0 Å². The largest absolute Gasteiger partial charge is 0.453 e. The Morgan fingerprint density at radius 1 is 0.797 bits per heavy atom. The summed E-state index contributed by atoms with van der Waals surface area (Å²) in [7, 11) is 2.58. The molecule has 5 N–H and O–H groups in total. The molecule has 0 aliphatic carbocycles. The Kier molecular flexibility index (Phi) is 11.6. The number of amides is 4. The number of carbonyl (C=O) groups is 4. The van der Waals surface area contributed by atoms with Crippen LogP contribution in [0.2, 0.25) is 0 Å². The number of carbonyl (C=O) groups excluding carboxylic acids is 4. The van der Waals surface area contributed by atoms with Gasteiger partial charge in [0.15, 0.2) is 0 Å². The van der Waals surface area contributed by atoms with Crippen molar-refractivity contribution in [3.05, 3.63) is 72.2 Å². The molecule has 15 nitrogen and oxygen atoms in total. The molecule has 15 heteroatoms. The number of rotatable bonds is 11. The van der Waals surface area contributed by atoms with Gasteiger partial charge < -0.3 is 44.9 Å². The summed E-state index contributed by atoms with van der Waals surface area (Å²) in [5.74, 6) is 0.859. The van der Waals surface area contributed by atoms with Crippen LogP contribution in [0.15, 0.2) is 55.0 Å². The molecule has 2 aliphatic heterocycles. The first-order valence-corrected chi connectivity index (χ1v) is 20.4. The van der Waals surface area contributed by atoms with Crippen LogP contribution < -0.4 is 10.6 Å². The number of alkyl carbamates (subject to hydrolysis) is 2. The van der Waals surface area contributed by atoms with Crippen LogP contribution >= 0.6 is 0 Å². The van der Waals surface area contributed by atoms with Crippen LogP contribution in [-0.2, 0) is 24.6 Å². The molecule has 5 heterocycles. The van der Waals surface area contributed by atoms with Gasteiger partial charge in [-0.25, -0.2) is 19.6 Å². The predicted octanol–water partition coefficient (Wildman–Crippen LogP) is 7.19. The molecule has 0 bridgehead atoms. The Balaban J connectivity index is 1.11. The SMILES string of the molecule is COC(=O)NC(C(=O)N1CCCC1c1ncc(-c2ccc(-c3ccc(-c4cnc(C5(C)CCCN5C(=O)C(NC(=O)OC)C(C)C)[nH]4)c4[nH]cc(C)c34)cc2)[nH]1)C(C)C. The van der Waals surface area contributed by atoms with Crippen LogP contribution in [0, 0.1) is 18.8 Å². The molecule has 2 saturated heterocycles. The highest BCUT2D eigenvalue weighted by atomic mass is 16.5. The van der Waals surface area contributed by atoms with Gasteiger partial charge in [0.2, 0.25) is 11.8 Å². The quantitative estimate of drug-likeness (QED) is 0.0927. The third kappa shape index (κ3) is 7.77. The number of benzene rings is 2. The average Bonchev–Trinajstić information content (AvgIpc) is 4.08. The number of aryl methyl sites for hydroxylation is 1. The number of nitrogens with zero attached hydrogens (tertiary/aromatic N) is 4. The molecule has 5 aromatic rings. The van der Waals surface area contributed by atoms with Gasteiger partial charge in [-0.3, -0.25) is 9.59 Å². The fraction of sp³-hybridized carbons (Fsp3) is 0.455. The lowest BCUT2D eigenvalue weighted by Gasteiger charge is -2.37. The normalized spacial score (nSPS) is 19.1. The summed E-state index contributed by atoms with van der Waals surface area (Å²) in [4.78, 5) is 75.4. The molecule has 0 saturated carbocycles. The number of fused-ring (bicyclic) bond motifs is 1. The maximum atomic E-state index is 13.9. The molecule has 0 spiro atoms. The van der Waals surface area contributed by atoms with Crippen molar-refractivity contribution in [2.24, 2.45) is 11.8 Å². The van der Waals surface area contributed by atoms with Crippen LogP contribution in [0.25, 0.3) is 44.5 Å². The molecule has 4 unspecified atom stereocenters. The monoisotopic (exact) mass is 805 g/mol. The second-order valence-electron chi connectivity index (χ2n) is 16.6.